The van der Waals surface area contributed by atoms with Crippen LogP contribution in [-0.2, 0) is 10.0 Å². The molecule has 0 heterocycles. The Morgan fingerprint density at radius 2 is 1.74 bits per heavy atom. The number of hydrogen-bond acceptors (Lipinski definition) is 4. The molecule has 6 nitrogen and oxygen atoms in total. The first-order valence-corrected chi connectivity index (χ1v) is 11.0. The molecule has 1 unspecified atom stereocenters. The summed E-state index contributed by atoms with van der Waals surface area (Å²) in [5, 5.41) is 2.83. The van der Waals surface area contributed by atoms with Crippen LogP contribution >= 0.6 is 12.4 Å². The first-order valence-electron chi connectivity index (χ1n) is 9.51. The number of benzene rings is 1. The van der Waals surface area contributed by atoms with Crippen molar-refractivity contribution in [1.29, 1.82) is 0 Å². The molecule has 0 saturated heterocycles. The first kappa shape index (κ1) is 22.1. The number of hydrogen-bond donors (Lipinski definition) is 2. The van der Waals surface area contributed by atoms with E-state index < -0.39 is 10.0 Å². The number of nitrogens with one attached hydrogen (secondary N) is 1. The van der Waals surface area contributed by atoms with Crippen LogP contribution in [0, 0.1) is 5.92 Å². The zero-order valence-electron chi connectivity index (χ0n) is 15.8. The average Bonchev–Trinajstić information content (AvgIpc) is 3.51. The van der Waals surface area contributed by atoms with E-state index in [4.69, 9.17) is 5.73 Å². The van der Waals surface area contributed by atoms with Crippen molar-refractivity contribution in [2.45, 2.75) is 61.9 Å². The van der Waals surface area contributed by atoms with E-state index in [0.29, 0.717) is 18.0 Å². The second-order valence-electron chi connectivity index (χ2n) is 7.55. The topological polar surface area (TPSA) is 92.5 Å². The Morgan fingerprint density at radius 3 is 2.30 bits per heavy atom. The van der Waals surface area contributed by atoms with Gasteiger partial charge in [0.15, 0.2) is 0 Å². The fourth-order valence-corrected chi connectivity index (χ4v) is 5.00. The largest absolute Gasteiger partial charge is 0.350 e. The van der Waals surface area contributed by atoms with E-state index in [1.165, 1.54) is 22.9 Å². The number of carbonyl (C=O) groups is 1. The fourth-order valence-electron chi connectivity index (χ4n) is 3.59. The summed E-state index contributed by atoms with van der Waals surface area (Å²) in [6.45, 7) is 0.452. The van der Waals surface area contributed by atoms with Crippen molar-refractivity contribution in [3.8, 4) is 0 Å². The number of amides is 1. The molecule has 2 fully saturated rings. The van der Waals surface area contributed by atoms with Gasteiger partial charge in [-0.3, -0.25) is 4.79 Å². The molecule has 1 atom stereocenters. The van der Waals surface area contributed by atoms with Crippen LogP contribution < -0.4 is 11.1 Å². The minimum absolute atomic E-state index is 0. The summed E-state index contributed by atoms with van der Waals surface area (Å²) in [5.41, 5.74) is 6.44. The van der Waals surface area contributed by atoms with Crippen LogP contribution in [0.15, 0.2) is 29.2 Å². The van der Waals surface area contributed by atoms with E-state index in [1.807, 2.05) is 0 Å². The molecule has 2 aliphatic rings. The highest BCUT2D eigenvalue weighted by Gasteiger charge is 2.30. The van der Waals surface area contributed by atoms with Gasteiger partial charge in [0.05, 0.1) is 4.90 Å². The van der Waals surface area contributed by atoms with Gasteiger partial charge >= 0.3 is 0 Å². The second kappa shape index (κ2) is 9.37. The van der Waals surface area contributed by atoms with Crippen LogP contribution in [0.4, 0.5) is 0 Å². The molecule has 2 aliphatic carbocycles. The quantitative estimate of drug-likeness (QED) is 0.715. The molecular formula is C19H30ClN3O3S. The van der Waals surface area contributed by atoms with Gasteiger partial charge in [-0.2, -0.15) is 4.31 Å². The molecule has 3 rings (SSSR count). The smallest absolute Gasteiger partial charge is 0.251 e. The lowest BCUT2D eigenvalue weighted by Crippen LogP contribution is -2.39. The van der Waals surface area contributed by atoms with Crippen LogP contribution in [0.1, 0.15) is 55.3 Å². The number of nitrogens with zero attached hydrogens (tertiary/aromatic N) is 1. The molecule has 1 aromatic carbocycles. The third kappa shape index (κ3) is 5.44. The standard InChI is InChI=1S/C19H29N3O3S.ClH/c1-22(16-5-3-2-4-6-16)26(24,25)17-11-9-15(10-12-17)19(23)21-13-18(20)14-7-8-14;/h9-12,14,16,18H,2-8,13,20H2,1H3,(H,21,23);1H. The Morgan fingerprint density at radius 1 is 1.15 bits per heavy atom. The van der Waals surface area contributed by atoms with Gasteiger partial charge in [-0.15, -0.1) is 12.4 Å². The molecule has 0 radical (unpaired) electrons. The van der Waals surface area contributed by atoms with Crippen LogP contribution in [-0.4, -0.2) is 44.3 Å². The zero-order chi connectivity index (χ0) is 18.7. The normalized spacial score (nSPS) is 19.4. The number of carbonyl (C=O) groups excluding carboxylic acids is 1. The van der Waals surface area contributed by atoms with E-state index in [2.05, 4.69) is 5.32 Å². The molecule has 0 spiro atoms. The zero-order valence-corrected chi connectivity index (χ0v) is 17.4. The number of sulfonamides is 1. The van der Waals surface area contributed by atoms with E-state index in [1.54, 1.807) is 19.2 Å². The molecule has 3 N–H and O–H groups in total. The van der Waals surface area contributed by atoms with Crippen molar-refractivity contribution < 1.29 is 13.2 Å². The van der Waals surface area contributed by atoms with Crippen LogP contribution in [0.2, 0.25) is 0 Å². The molecule has 1 aromatic rings. The molecule has 1 amide bonds. The molecule has 0 aliphatic heterocycles. The maximum atomic E-state index is 12.8. The molecular weight excluding hydrogens is 386 g/mol. The van der Waals surface area contributed by atoms with Crippen LogP contribution in [0.25, 0.3) is 0 Å². The maximum absolute atomic E-state index is 12.8. The number of halogens is 1. The number of nitrogens with two attached hydrogens (primary N) is 1. The van der Waals surface area contributed by atoms with Crippen molar-refractivity contribution in [1.82, 2.24) is 9.62 Å². The Balaban J connectivity index is 0.00000261. The van der Waals surface area contributed by atoms with Gasteiger partial charge in [-0.1, -0.05) is 19.3 Å². The lowest BCUT2D eigenvalue weighted by molar-refractivity contribution is 0.0950. The van der Waals surface area contributed by atoms with Crippen molar-refractivity contribution in [2.24, 2.45) is 11.7 Å². The average molecular weight is 416 g/mol. The minimum Gasteiger partial charge on any atom is -0.350 e. The Kier molecular flexibility index (Phi) is 7.68. The van der Waals surface area contributed by atoms with Gasteiger partial charge < -0.3 is 11.1 Å². The third-order valence-corrected chi connectivity index (χ3v) is 7.53. The summed E-state index contributed by atoms with van der Waals surface area (Å²) in [6, 6.07) is 6.25. The lowest BCUT2D eigenvalue weighted by atomic mass is 9.96. The minimum atomic E-state index is -3.53. The van der Waals surface area contributed by atoms with E-state index >= 15 is 0 Å². The summed E-state index contributed by atoms with van der Waals surface area (Å²) >= 11 is 0. The first-order chi connectivity index (χ1) is 12.4. The fraction of sp³-hybridized carbons (Fsp3) is 0.632. The van der Waals surface area contributed by atoms with E-state index in [-0.39, 0.29) is 35.3 Å². The molecule has 8 heteroatoms. The van der Waals surface area contributed by atoms with Gasteiger partial charge in [0.1, 0.15) is 0 Å². The molecule has 152 valence electrons. The lowest BCUT2D eigenvalue weighted by Gasteiger charge is -2.30. The molecule has 0 bridgehead atoms. The van der Waals surface area contributed by atoms with E-state index in [0.717, 1.165) is 38.5 Å². The summed E-state index contributed by atoms with van der Waals surface area (Å²) in [5.74, 6) is 0.309. The third-order valence-electron chi connectivity index (χ3n) is 5.61. The summed E-state index contributed by atoms with van der Waals surface area (Å²) in [4.78, 5) is 12.4. The summed E-state index contributed by atoms with van der Waals surface area (Å²) in [6.07, 6.45) is 7.43. The van der Waals surface area contributed by atoms with Crippen LogP contribution in [0.3, 0.4) is 0 Å². The predicted molar refractivity (Wildman–Crippen MR) is 109 cm³/mol. The van der Waals surface area contributed by atoms with Crippen molar-refractivity contribution in [2.75, 3.05) is 13.6 Å². The van der Waals surface area contributed by atoms with Gasteiger partial charge in [0.25, 0.3) is 5.91 Å². The highest BCUT2D eigenvalue weighted by molar-refractivity contribution is 7.89. The van der Waals surface area contributed by atoms with Gasteiger partial charge in [-0.05, 0) is 55.9 Å². The molecule has 27 heavy (non-hydrogen) atoms. The number of rotatable bonds is 7. The Hall–Kier alpha value is -1.15. The van der Waals surface area contributed by atoms with Gasteiger partial charge in [-0.25, -0.2) is 8.42 Å². The second-order valence-corrected chi connectivity index (χ2v) is 9.55. The molecule has 2 saturated carbocycles. The van der Waals surface area contributed by atoms with Gasteiger partial charge in [0, 0.05) is 31.2 Å². The maximum Gasteiger partial charge on any atom is 0.251 e. The predicted octanol–water partition coefficient (Wildman–Crippen LogP) is 2.53. The Bertz CT molecular complexity index is 729. The van der Waals surface area contributed by atoms with Gasteiger partial charge in [0.2, 0.25) is 10.0 Å². The van der Waals surface area contributed by atoms with E-state index in [9.17, 15) is 13.2 Å². The Labute approximate surface area is 168 Å². The highest BCUT2D eigenvalue weighted by atomic mass is 35.5. The highest BCUT2D eigenvalue weighted by Crippen LogP contribution is 2.31. The van der Waals surface area contributed by atoms with Crippen molar-refractivity contribution in [3.63, 3.8) is 0 Å². The van der Waals surface area contributed by atoms with Crippen molar-refractivity contribution >= 4 is 28.3 Å². The summed E-state index contributed by atoms with van der Waals surface area (Å²) < 4.78 is 27.1. The summed E-state index contributed by atoms with van der Waals surface area (Å²) in [7, 11) is -1.87. The van der Waals surface area contributed by atoms with Crippen molar-refractivity contribution in [3.05, 3.63) is 29.8 Å². The molecule has 0 aromatic heterocycles. The van der Waals surface area contributed by atoms with Crippen LogP contribution in [0.5, 0.6) is 0 Å². The SMILES string of the molecule is CN(C1CCCCC1)S(=O)(=O)c1ccc(C(=O)NCC(N)C2CC2)cc1.Cl. The monoisotopic (exact) mass is 415 g/mol.